The van der Waals surface area contributed by atoms with E-state index in [1.807, 2.05) is 22.9 Å². The first-order valence-electron chi connectivity index (χ1n) is 3.03. The van der Waals surface area contributed by atoms with Gasteiger partial charge in [0.05, 0.1) is 0 Å². The lowest BCUT2D eigenvalue weighted by molar-refractivity contribution is -0.140. The van der Waals surface area contributed by atoms with Gasteiger partial charge in [-0.05, 0) is 6.42 Å². The van der Waals surface area contributed by atoms with Crippen molar-refractivity contribution in [2.45, 2.75) is 18.5 Å². The Kier molecular flexibility index (Phi) is 2.48. The number of carbonyl (C=O) groups is 1. The van der Waals surface area contributed by atoms with Gasteiger partial charge in [0, 0.05) is 35.5 Å². The summed E-state index contributed by atoms with van der Waals surface area (Å²) in [4.78, 5) is 10.5. The van der Waals surface area contributed by atoms with Crippen LogP contribution in [0.3, 0.4) is 0 Å². The molecule has 0 bridgehead atoms. The fraction of sp³-hybridized carbons (Fsp3) is 0.800. The average molecular weight is 256 g/mol. The molecule has 2 atom stereocenters. The van der Waals surface area contributed by atoms with Crippen molar-refractivity contribution in [1.82, 2.24) is 3.11 Å². The van der Waals surface area contributed by atoms with Crippen molar-refractivity contribution >= 4 is 28.8 Å². The number of nitrogens with zero attached hydrogens (tertiary/aromatic N) is 1. The first kappa shape index (κ1) is 8.22. The highest BCUT2D eigenvalue weighted by Crippen LogP contribution is 2.20. The maximum absolute atomic E-state index is 10.5. The first-order chi connectivity index (χ1) is 4.63. The van der Waals surface area contributed by atoms with Crippen molar-refractivity contribution in [3.63, 3.8) is 0 Å². The van der Waals surface area contributed by atoms with Crippen LogP contribution in [0, 0.1) is 0 Å². The maximum atomic E-state index is 10.5. The van der Waals surface area contributed by atoms with Crippen LogP contribution in [0.1, 0.15) is 6.42 Å². The van der Waals surface area contributed by atoms with Crippen LogP contribution < -0.4 is 5.73 Å². The normalized spacial score (nSPS) is 34.6. The van der Waals surface area contributed by atoms with E-state index >= 15 is 0 Å². The molecule has 0 amide bonds. The Morgan fingerprint density at radius 3 is 2.60 bits per heavy atom. The number of nitrogens with two attached hydrogens (primary N) is 1. The first-order valence-corrected chi connectivity index (χ1v) is 4.00. The summed E-state index contributed by atoms with van der Waals surface area (Å²) in [5.41, 5.74) is 5.54. The van der Waals surface area contributed by atoms with E-state index in [0.29, 0.717) is 0 Å². The summed E-state index contributed by atoms with van der Waals surface area (Å²) < 4.78 is 1.74. The molecule has 2 unspecified atom stereocenters. The van der Waals surface area contributed by atoms with Crippen LogP contribution in [0.25, 0.3) is 0 Å². The van der Waals surface area contributed by atoms with Gasteiger partial charge in [-0.15, -0.1) is 0 Å². The Labute approximate surface area is 72.9 Å². The maximum Gasteiger partial charge on any atom is 0.323 e. The molecule has 0 radical (unpaired) electrons. The molecule has 1 rings (SSSR count). The zero-order valence-electron chi connectivity index (χ0n) is 5.33. The van der Waals surface area contributed by atoms with Gasteiger partial charge in [-0.3, -0.25) is 4.79 Å². The zero-order chi connectivity index (χ0) is 7.72. The standard InChI is InChI=1S/C5H9IN2O2/c6-8-2-1-3(7)4(8)5(9)10/h3-4H,1-2,7H2,(H,9,10). The minimum absolute atomic E-state index is 0.200. The second-order valence-electron chi connectivity index (χ2n) is 2.36. The molecule has 1 aliphatic heterocycles. The third-order valence-corrected chi connectivity index (χ3v) is 2.72. The van der Waals surface area contributed by atoms with E-state index in [0.717, 1.165) is 13.0 Å². The van der Waals surface area contributed by atoms with Crippen molar-refractivity contribution in [3.05, 3.63) is 0 Å². The molecule has 0 aromatic carbocycles. The fourth-order valence-corrected chi connectivity index (χ4v) is 2.01. The highest BCUT2D eigenvalue weighted by Gasteiger charge is 2.35. The topological polar surface area (TPSA) is 66.6 Å². The van der Waals surface area contributed by atoms with Crippen LogP contribution in [0.4, 0.5) is 0 Å². The predicted molar refractivity (Wildman–Crippen MR) is 44.7 cm³/mol. The molecule has 5 heteroatoms. The summed E-state index contributed by atoms with van der Waals surface area (Å²) in [5.74, 6) is -0.820. The van der Waals surface area contributed by atoms with Crippen LogP contribution in [-0.4, -0.2) is 32.8 Å². The molecular formula is C5H9IN2O2. The van der Waals surface area contributed by atoms with Gasteiger partial charge in [0.25, 0.3) is 0 Å². The van der Waals surface area contributed by atoms with Crippen molar-refractivity contribution in [2.75, 3.05) is 6.54 Å². The second-order valence-corrected chi connectivity index (χ2v) is 3.60. The van der Waals surface area contributed by atoms with Gasteiger partial charge in [-0.1, -0.05) is 0 Å². The highest BCUT2D eigenvalue weighted by atomic mass is 127. The molecule has 4 nitrogen and oxygen atoms in total. The van der Waals surface area contributed by atoms with Crippen molar-refractivity contribution in [2.24, 2.45) is 5.73 Å². The lowest BCUT2D eigenvalue weighted by atomic mass is 10.1. The SMILES string of the molecule is NC1CCN(I)C1C(=O)O. The molecule has 1 saturated heterocycles. The highest BCUT2D eigenvalue weighted by molar-refractivity contribution is 14.1. The summed E-state index contributed by atoms with van der Waals surface area (Å²) in [6.07, 6.45) is 0.778. The van der Waals surface area contributed by atoms with Crippen molar-refractivity contribution in [1.29, 1.82) is 0 Å². The van der Waals surface area contributed by atoms with Crippen LogP contribution in [-0.2, 0) is 4.79 Å². The van der Waals surface area contributed by atoms with E-state index in [4.69, 9.17) is 10.8 Å². The van der Waals surface area contributed by atoms with Gasteiger partial charge in [-0.2, -0.15) is 0 Å². The van der Waals surface area contributed by atoms with Gasteiger partial charge >= 0.3 is 5.97 Å². The lowest BCUT2D eigenvalue weighted by Crippen LogP contribution is -2.41. The quantitative estimate of drug-likeness (QED) is 0.504. The Morgan fingerprint density at radius 1 is 1.80 bits per heavy atom. The van der Waals surface area contributed by atoms with Crippen LogP contribution in [0.5, 0.6) is 0 Å². The Morgan fingerprint density at radius 2 is 2.40 bits per heavy atom. The van der Waals surface area contributed by atoms with Gasteiger partial charge in [-0.25, -0.2) is 3.11 Å². The number of hydrogen-bond donors (Lipinski definition) is 2. The molecule has 10 heavy (non-hydrogen) atoms. The molecule has 58 valence electrons. The van der Waals surface area contributed by atoms with Gasteiger partial charge < -0.3 is 10.8 Å². The van der Waals surface area contributed by atoms with Gasteiger partial charge in [0.1, 0.15) is 6.04 Å². The second kappa shape index (κ2) is 3.02. The summed E-state index contributed by atoms with van der Waals surface area (Å²) in [6, 6.07) is -0.685. The number of carboxylic acids is 1. The summed E-state index contributed by atoms with van der Waals surface area (Å²) in [5, 5.41) is 8.63. The van der Waals surface area contributed by atoms with Crippen LogP contribution >= 0.6 is 22.9 Å². The number of hydrogen-bond acceptors (Lipinski definition) is 3. The minimum Gasteiger partial charge on any atom is -0.480 e. The summed E-state index contributed by atoms with van der Waals surface area (Å²) in [7, 11) is 0. The smallest absolute Gasteiger partial charge is 0.323 e. The minimum atomic E-state index is -0.820. The van der Waals surface area contributed by atoms with Crippen LogP contribution in [0.2, 0.25) is 0 Å². The fourth-order valence-electron chi connectivity index (χ4n) is 1.08. The van der Waals surface area contributed by atoms with E-state index in [-0.39, 0.29) is 6.04 Å². The molecule has 0 aliphatic carbocycles. The molecule has 0 aromatic heterocycles. The zero-order valence-corrected chi connectivity index (χ0v) is 7.48. The van der Waals surface area contributed by atoms with Crippen LogP contribution in [0.15, 0.2) is 0 Å². The monoisotopic (exact) mass is 256 g/mol. The predicted octanol–water partition coefficient (Wildman–Crippen LogP) is -0.177. The molecule has 0 saturated carbocycles. The third-order valence-electron chi connectivity index (χ3n) is 1.64. The average Bonchev–Trinajstić information content (AvgIpc) is 2.11. The van der Waals surface area contributed by atoms with Crippen molar-refractivity contribution in [3.8, 4) is 0 Å². The third kappa shape index (κ3) is 1.40. The molecule has 1 aliphatic rings. The number of aliphatic carboxylic acids is 1. The van der Waals surface area contributed by atoms with E-state index < -0.39 is 12.0 Å². The molecular weight excluding hydrogens is 247 g/mol. The summed E-state index contributed by atoms with van der Waals surface area (Å²) >= 11 is 2.00. The molecule has 1 fully saturated rings. The van der Waals surface area contributed by atoms with E-state index in [9.17, 15) is 4.79 Å². The van der Waals surface area contributed by atoms with Crippen molar-refractivity contribution < 1.29 is 9.90 Å². The Bertz CT molecular complexity index is 143. The van der Waals surface area contributed by atoms with E-state index in [2.05, 4.69) is 0 Å². The molecule has 1 heterocycles. The molecule has 0 aromatic rings. The molecule has 3 N–H and O–H groups in total. The summed E-state index contributed by atoms with van der Waals surface area (Å²) in [6.45, 7) is 0.776. The number of rotatable bonds is 1. The largest absolute Gasteiger partial charge is 0.480 e. The Balaban J connectivity index is 2.63. The number of halogens is 1. The lowest BCUT2D eigenvalue weighted by Gasteiger charge is -2.14. The van der Waals surface area contributed by atoms with Gasteiger partial charge in [0.2, 0.25) is 0 Å². The number of carboxylic acid groups (broad SMARTS) is 1. The molecule has 0 spiro atoms. The van der Waals surface area contributed by atoms with E-state index in [1.165, 1.54) is 0 Å². The van der Waals surface area contributed by atoms with E-state index in [1.54, 1.807) is 3.11 Å². The van der Waals surface area contributed by atoms with Gasteiger partial charge in [0.15, 0.2) is 0 Å². The Hall–Kier alpha value is 0.120.